The van der Waals surface area contributed by atoms with Crippen molar-refractivity contribution in [2.45, 2.75) is 31.5 Å². The van der Waals surface area contributed by atoms with E-state index in [-0.39, 0.29) is 5.91 Å². The molecule has 0 aromatic carbocycles. The summed E-state index contributed by atoms with van der Waals surface area (Å²) in [7, 11) is 0. The lowest BCUT2D eigenvalue weighted by Gasteiger charge is -2.18. The number of pyridine rings is 1. The zero-order valence-corrected chi connectivity index (χ0v) is 11.5. The van der Waals surface area contributed by atoms with Crippen LogP contribution in [0.3, 0.4) is 0 Å². The minimum Gasteiger partial charge on any atom is -0.375 e. The molecule has 3 rings (SSSR count). The molecule has 3 atom stereocenters. The second-order valence-corrected chi connectivity index (χ2v) is 5.76. The van der Waals surface area contributed by atoms with Crippen molar-refractivity contribution in [3.05, 3.63) is 28.5 Å². The lowest BCUT2D eigenvalue weighted by atomic mass is 9.89. The Morgan fingerprint density at radius 1 is 1.50 bits per heavy atom. The second-order valence-electron chi connectivity index (χ2n) is 4.95. The van der Waals surface area contributed by atoms with Gasteiger partial charge in [0.05, 0.1) is 17.8 Å². The maximum Gasteiger partial charge on any atom is 0.252 e. The van der Waals surface area contributed by atoms with E-state index in [1.807, 2.05) is 0 Å². The molecule has 0 radical (unpaired) electrons. The lowest BCUT2D eigenvalue weighted by molar-refractivity contribution is 0.0873. The van der Waals surface area contributed by atoms with Gasteiger partial charge in [0.1, 0.15) is 4.60 Å². The monoisotopic (exact) mass is 310 g/mol. The van der Waals surface area contributed by atoms with Gasteiger partial charge in [-0.25, -0.2) is 4.98 Å². The number of carbonyl (C=O) groups is 1. The van der Waals surface area contributed by atoms with Crippen molar-refractivity contribution in [1.29, 1.82) is 0 Å². The van der Waals surface area contributed by atoms with Crippen LogP contribution in [-0.2, 0) is 4.74 Å². The summed E-state index contributed by atoms with van der Waals surface area (Å²) in [5.74, 6) is 0.425. The average Bonchev–Trinajstić information content (AvgIpc) is 2.99. The highest BCUT2D eigenvalue weighted by atomic mass is 79.9. The second kappa shape index (κ2) is 4.97. The summed E-state index contributed by atoms with van der Waals surface area (Å²) >= 11 is 3.25. The fraction of sp³-hybridized carbons (Fsp3) is 0.538. The van der Waals surface area contributed by atoms with E-state index in [1.165, 1.54) is 6.42 Å². The fourth-order valence-electron chi connectivity index (χ4n) is 2.79. The number of fused-ring (bicyclic) bond motifs is 2. The average molecular weight is 311 g/mol. The van der Waals surface area contributed by atoms with Crippen LogP contribution < -0.4 is 5.32 Å². The Hall–Kier alpha value is -0.940. The molecule has 96 valence electrons. The molecule has 2 aliphatic rings. The van der Waals surface area contributed by atoms with E-state index >= 15 is 0 Å². The highest BCUT2D eigenvalue weighted by Crippen LogP contribution is 2.38. The largest absolute Gasteiger partial charge is 0.375 e. The van der Waals surface area contributed by atoms with Crippen molar-refractivity contribution in [2.75, 3.05) is 6.54 Å². The Morgan fingerprint density at radius 3 is 3.00 bits per heavy atom. The number of hydrogen-bond acceptors (Lipinski definition) is 3. The molecule has 3 heterocycles. The summed E-state index contributed by atoms with van der Waals surface area (Å²) in [6, 6.07) is 3.54. The van der Waals surface area contributed by atoms with Crippen molar-refractivity contribution in [3.63, 3.8) is 0 Å². The number of aromatic nitrogens is 1. The van der Waals surface area contributed by atoms with E-state index < -0.39 is 0 Å². The van der Waals surface area contributed by atoms with Crippen molar-refractivity contribution in [2.24, 2.45) is 5.92 Å². The molecule has 1 aromatic heterocycles. The first-order chi connectivity index (χ1) is 8.72. The summed E-state index contributed by atoms with van der Waals surface area (Å²) in [5, 5.41) is 2.97. The molecule has 2 aliphatic heterocycles. The van der Waals surface area contributed by atoms with E-state index in [0.29, 0.717) is 30.2 Å². The molecule has 2 bridgehead atoms. The first-order valence-corrected chi connectivity index (χ1v) is 7.07. The quantitative estimate of drug-likeness (QED) is 0.870. The molecule has 5 heteroatoms. The zero-order chi connectivity index (χ0) is 12.5. The van der Waals surface area contributed by atoms with Crippen LogP contribution in [0.4, 0.5) is 0 Å². The van der Waals surface area contributed by atoms with Crippen LogP contribution in [0.25, 0.3) is 0 Å². The smallest absolute Gasteiger partial charge is 0.252 e. The number of nitrogens with one attached hydrogen (secondary N) is 1. The molecule has 2 fully saturated rings. The predicted octanol–water partition coefficient (Wildman–Crippen LogP) is 2.14. The number of hydrogen-bond donors (Lipinski definition) is 1. The number of ether oxygens (including phenoxy) is 1. The van der Waals surface area contributed by atoms with Gasteiger partial charge < -0.3 is 10.1 Å². The van der Waals surface area contributed by atoms with Crippen LogP contribution in [-0.4, -0.2) is 29.6 Å². The minimum absolute atomic E-state index is 0.0576. The SMILES string of the molecule is O=C(NCC1CC2CCC1O2)c1ccc(Br)nc1. The number of nitrogens with zero attached hydrogens (tertiary/aromatic N) is 1. The Balaban J connectivity index is 1.54. The Morgan fingerprint density at radius 2 is 2.39 bits per heavy atom. The number of carbonyl (C=O) groups excluding carboxylic acids is 1. The van der Waals surface area contributed by atoms with Crippen LogP contribution in [0.2, 0.25) is 0 Å². The van der Waals surface area contributed by atoms with Crippen molar-refractivity contribution < 1.29 is 9.53 Å². The Kier molecular flexibility index (Phi) is 3.35. The van der Waals surface area contributed by atoms with Gasteiger partial charge in [-0.15, -0.1) is 0 Å². The first kappa shape index (κ1) is 12.1. The van der Waals surface area contributed by atoms with Crippen LogP contribution in [0.15, 0.2) is 22.9 Å². The minimum atomic E-state index is -0.0576. The third kappa shape index (κ3) is 2.42. The van der Waals surface area contributed by atoms with Crippen LogP contribution in [0, 0.1) is 5.92 Å². The molecular weight excluding hydrogens is 296 g/mol. The molecule has 1 N–H and O–H groups in total. The summed E-state index contributed by atoms with van der Waals surface area (Å²) in [4.78, 5) is 16.0. The van der Waals surface area contributed by atoms with E-state index in [4.69, 9.17) is 4.74 Å². The van der Waals surface area contributed by atoms with Crippen LogP contribution in [0.1, 0.15) is 29.6 Å². The van der Waals surface area contributed by atoms with Gasteiger partial charge >= 0.3 is 0 Å². The molecule has 4 nitrogen and oxygen atoms in total. The maximum absolute atomic E-state index is 11.9. The molecular formula is C13H15BrN2O2. The van der Waals surface area contributed by atoms with E-state index in [9.17, 15) is 4.79 Å². The van der Waals surface area contributed by atoms with E-state index in [2.05, 4.69) is 26.2 Å². The van der Waals surface area contributed by atoms with Crippen molar-refractivity contribution in [3.8, 4) is 0 Å². The number of halogens is 1. The van der Waals surface area contributed by atoms with Gasteiger partial charge in [-0.3, -0.25) is 4.79 Å². The molecule has 2 saturated heterocycles. The van der Waals surface area contributed by atoms with E-state index in [1.54, 1.807) is 18.3 Å². The zero-order valence-electron chi connectivity index (χ0n) is 9.93. The first-order valence-electron chi connectivity index (χ1n) is 6.27. The number of rotatable bonds is 3. The highest BCUT2D eigenvalue weighted by Gasteiger charge is 2.40. The predicted molar refractivity (Wildman–Crippen MR) is 70.3 cm³/mol. The normalized spacial score (nSPS) is 29.5. The molecule has 1 aromatic rings. The Bertz CT molecular complexity index is 449. The topological polar surface area (TPSA) is 51.2 Å². The van der Waals surface area contributed by atoms with Gasteiger partial charge in [-0.2, -0.15) is 0 Å². The van der Waals surface area contributed by atoms with Gasteiger partial charge in [0.2, 0.25) is 0 Å². The van der Waals surface area contributed by atoms with Gasteiger partial charge in [0.15, 0.2) is 0 Å². The van der Waals surface area contributed by atoms with Gasteiger partial charge in [0, 0.05) is 18.7 Å². The summed E-state index contributed by atoms with van der Waals surface area (Å²) < 4.78 is 6.51. The third-order valence-corrected chi connectivity index (χ3v) is 4.22. The molecule has 0 saturated carbocycles. The molecule has 0 aliphatic carbocycles. The molecule has 1 amide bonds. The van der Waals surface area contributed by atoms with Gasteiger partial charge in [-0.05, 0) is 47.3 Å². The van der Waals surface area contributed by atoms with Gasteiger partial charge in [0.25, 0.3) is 5.91 Å². The lowest BCUT2D eigenvalue weighted by Crippen LogP contribution is -2.33. The van der Waals surface area contributed by atoms with Crippen LogP contribution >= 0.6 is 15.9 Å². The standard InChI is InChI=1S/C13H15BrN2O2/c14-12-4-1-8(6-15-12)13(17)16-7-9-5-10-2-3-11(9)18-10/h1,4,6,9-11H,2-3,5,7H2,(H,16,17). The summed E-state index contributed by atoms with van der Waals surface area (Å²) in [5.41, 5.74) is 0.599. The molecule has 0 spiro atoms. The fourth-order valence-corrected chi connectivity index (χ4v) is 3.03. The van der Waals surface area contributed by atoms with Gasteiger partial charge in [-0.1, -0.05) is 0 Å². The number of amides is 1. The maximum atomic E-state index is 11.9. The third-order valence-electron chi connectivity index (χ3n) is 3.75. The summed E-state index contributed by atoms with van der Waals surface area (Å²) in [6.45, 7) is 0.704. The summed E-state index contributed by atoms with van der Waals surface area (Å²) in [6.07, 6.45) is 5.79. The van der Waals surface area contributed by atoms with E-state index in [0.717, 1.165) is 17.4 Å². The highest BCUT2D eigenvalue weighted by molar-refractivity contribution is 9.10. The van der Waals surface area contributed by atoms with Crippen LogP contribution in [0.5, 0.6) is 0 Å². The Labute approximate surface area is 114 Å². The van der Waals surface area contributed by atoms with Crippen molar-refractivity contribution in [1.82, 2.24) is 10.3 Å². The van der Waals surface area contributed by atoms with Crippen molar-refractivity contribution >= 4 is 21.8 Å². The molecule has 18 heavy (non-hydrogen) atoms. The molecule has 3 unspecified atom stereocenters.